The zero-order valence-electron chi connectivity index (χ0n) is 15.9. The Morgan fingerprint density at radius 1 is 0.964 bits per heavy atom. The summed E-state index contributed by atoms with van der Waals surface area (Å²) in [5, 5.41) is 21.1. The van der Waals surface area contributed by atoms with E-state index < -0.39 is 7.12 Å². The molecule has 0 aliphatic carbocycles. The Morgan fingerprint density at radius 3 is 2.50 bits per heavy atom. The Balaban J connectivity index is 1.96. The molecule has 4 rings (SSSR count). The lowest BCUT2D eigenvalue weighted by Gasteiger charge is -2.07. The van der Waals surface area contributed by atoms with Gasteiger partial charge in [0.1, 0.15) is 11.2 Å². The van der Waals surface area contributed by atoms with Crippen LogP contribution in [0.15, 0.2) is 83.3 Å². The highest BCUT2D eigenvalue weighted by atomic mass is 16.4. The zero-order chi connectivity index (χ0) is 19.7. The monoisotopic (exact) mass is 368 g/mol. The second kappa shape index (κ2) is 7.51. The first-order chi connectivity index (χ1) is 13.6. The molecular formula is C24H21BO3. The van der Waals surface area contributed by atoms with Crippen LogP contribution >= 0.6 is 0 Å². The van der Waals surface area contributed by atoms with Crippen LogP contribution in [0.4, 0.5) is 0 Å². The molecule has 1 aromatic heterocycles. The van der Waals surface area contributed by atoms with Gasteiger partial charge < -0.3 is 14.5 Å². The van der Waals surface area contributed by atoms with Crippen LogP contribution in [0.5, 0.6) is 0 Å². The summed E-state index contributed by atoms with van der Waals surface area (Å²) in [4.78, 5) is 0. The van der Waals surface area contributed by atoms with Gasteiger partial charge in [0.25, 0.3) is 0 Å². The highest BCUT2D eigenvalue weighted by Crippen LogP contribution is 2.36. The number of allylic oxidation sites excluding steroid dienone is 4. The van der Waals surface area contributed by atoms with Gasteiger partial charge in [0, 0.05) is 16.3 Å². The number of hydrogen-bond donors (Lipinski definition) is 2. The van der Waals surface area contributed by atoms with Crippen LogP contribution in [0.2, 0.25) is 0 Å². The summed E-state index contributed by atoms with van der Waals surface area (Å²) in [6.07, 6.45) is 6.22. The molecular weight excluding hydrogens is 347 g/mol. The molecule has 0 spiro atoms. The van der Waals surface area contributed by atoms with Crippen molar-refractivity contribution in [2.24, 2.45) is 0 Å². The standard InChI is InChI=1S/C24H21BO3/c1-3-8-16(4-2)17-9-5-10-18(15-17)19-11-6-12-20-23-21(25(26)27)13-7-14-22(23)28-24(19)20/h3-15,26-27H,1-2H3/b8-3-,16-4+. The average Bonchev–Trinajstić information content (AvgIpc) is 3.10. The van der Waals surface area contributed by atoms with Crippen LogP contribution < -0.4 is 5.46 Å². The first kappa shape index (κ1) is 18.3. The Kier molecular flexibility index (Phi) is 4.91. The lowest BCUT2D eigenvalue weighted by atomic mass is 9.77. The van der Waals surface area contributed by atoms with Gasteiger partial charge in [-0.1, -0.05) is 66.8 Å². The summed E-state index contributed by atoms with van der Waals surface area (Å²) in [5.74, 6) is 0. The second-order valence-corrected chi connectivity index (χ2v) is 6.70. The van der Waals surface area contributed by atoms with Gasteiger partial charge in [-0.05, 0) is 48.1 Å². The SMILES string of the molecule is C/C=C\C(=C/C)c1cccc(-c2cccc3c2oc2cccc(B(O)O)c23)c1. The van der Waals surface area contributed by atoms with Crippen molar-refractivity contribution < 1.29 is 14.5 Å². The van der Waals surface area contributed by atoms with E-state index in [1.54, 1.807) is 12.1 Å². The molecule has 1 heterocycles. The van der Waals surface area contributed by atoms with E-state index in [-0.39, 0.29) is 0 Å². The van der Waals surface area contributed by atoms with E-state index in [9.17, 15) is 10.0 Å². The van der Waals surface area contributed by atoms with E-state index >= 15 is 0 Å². The van der Waals surface area contributed by atoms with Gasteiger partial charge in [0.2, 0.25) is 0 Å². The fourth-order valence-corrected chi connectivity index (χ4v) is 3.72. The van der Waals surface area contributed by atoms with Crippen molar-refractivity contribution in [3.05, 3.63) is 84.5 Å². The molecule has 0 bridgehead atoms. The maximum Gasteiger partial charge on any atom is 0.489 e. The van der Waals surface area contributed by atoms with Gasteiger partial charge in [-0.2, -0.15) is 0 Å². The molecule has 138 valence electrons. The van der Waals surface area contributed by atoms with E-state index in [0.29, 0.717) is 11.0 Å². The quantitative estimate of drug-likeness (QED) is 0.397. The summed E-state index contributed by atoms with van der Waals surface area (Å²) >= 11 is 0. The van der Waals surface area contributed by atoms with Crippen molar-refractivity contribution >= 4 is 40.1 Å². The third-order valence-corrected chi connectivity index (χ3v) is 5.00. The van der Waals surface area contributed by atoms with Crippen molar-refractivity contribution in [2.75, 3.05) is 0 Å². The Bertz CT molecular complexity index is 1220. The molecule has 0 radical (unpaired) electrons. The first-order valence-corrected chi connectivity index (χ1v) is 9.34. The predicted octanol–water partition coefficient (Wildman–Crippen LogP) is 4.91. The number of fused-ring (bicyclic) bond motifs is 3. The largest absolute Gasteiger partial charge is 0.489 e. The molecule has 0 saturated heterocycles. The van der Waals surface area contributed by atoms with Crippen molar-refractivity contribution in [2.45, 2.75) is 13.8 Å². The summed E-state index contributed by atoms with van der Waals surface area (Å²) in [6, 6.07) is 19.7. The van der Waals surface area contributed by atoms with E-state index in [2.05, 4.69) is 30.4 Å². The third-order valence-electron chi connectivity index (χ3n) is 5.00. The van der Waals surface area contributed by atoms with Crippen molar-refractivity contribution in [3.8, 4) is 11.1 Å². The van der Waals surface area contributed by atoms with E-state index in [1.807, 2.05) is 50.3 Å². The van der Waals surface area contributed by atoms with Crippen LogP contribution in [0.25, 0.3) is 38.6 Å². The normalized spacial score (nSPS) is 12.4. The van der Waals surface area contributed by atoms with Crippen LogP contribution in [0.3, 0.4) is 0 Å². The lowest BCUT2D eigenvalue weighted by Crippen LogP contribution is -2.30. The summed E-state index contributed by atoms with van der Waals surface area (Å²) in [5.41, 5.74) is 6.17. The van der Waals surface area contributed by atoms with Crippen molar-refractivity contribution in [1.29, 1.82) is 0 Å². The van der Waals surface area contributed by atoms with Crippen LogP contribution in [-0.2, 0) is 0 Å². The fourth-order valence-electron chi connectivity index (χ4n) is 3.72. The van der Waals surface area contributed by atoms with Crippen LogP contribution in [0, 0.1) is 0 Å². The van der Waals surface area contributed by atoms with Gasteiger partial charge in [0.05, 0.1) is 0 Å². The molecule has 0 aliphatic rings. The summed E-state index contributed by atoms with van der Waals surface area (Å²) in [7, 11) is -1.55. The fraction of sp³-hybridized carbons (Fsp3) is 0.0833. The maximum absolute atomic E-state index is 9.76. The molecule has 3 aromatic carbocycles. The van der Waals surface area contributed by atoms with Crippen molar-refractivity contribution in [3.63, 3.8) is 0 Å². The molecule has 0 amide bonds. The predicted molar refractivity (Wildman–Crippen MR) is 117 cm³/mol. The minimum absolute atomic E-state index is 0.450. The molecule has 0 atom stereocenters. The second-order valence-electron chi connectivity index (χ2n) is 6.70. The van der Waals surface area contributed by atoms with E-state index in [4.69, 9.17) is 4.42 Å². The van der Waals surface area contributed by atoms with E-state index in [0.717, 1.165) is 38.6 Å². The van der Waals surface area contributed by atoms with Crippen LogP contribution in [0.1, 0.15) is 19.4 Å². The number of benzene rings is 3. The number of rotatable bonds is 4. The minimum Gasteiger partial charge on any atom is -0.455 e. The zero-order valence-corrected chi connectivity index (χ0v) is 15.9. The minimum atomic E-state index is -1.55. The molecule has 3 nitrogen and oxygen atoms in total. The Labute approximate surface area is 164 Å². The first-order valence-electron chi connectivity index (χ1n) is 9.34. The summed E-state index contributed by atoms with van der Waals surface area (Å²) in [6.45, 7) is 4.04. The van der Waals surface area contributed by atoms with E-state index in [1.165, 1.54) is 0 Å². The molecule has 28 heavy (non-hydrogen) atoms. The molecule has 0 saturated carbocycles. The summed E-state index contributed by atoms with van der Waals surface area (Å²) < 4.78 is 6.15. The maximum atomic E-state index is 9.76. The molecule has 2 N–H and O–H groups in total. The van der Waals surface area contributed by atoms with Gasteiger partial charge in [-0.15, -0.1) is 0 Å². The van der Waals surface area contributed by atoms with Crippen molar-refractivity contribution in [1.82, 2.24) is 0 Å². The third kappa shape index (κ3) is 3.07. The van der Waals surface area contributed by atoms with Gasteiger partial charge in [-0.3, -0.25) is 0 Å². The average molecular weight is 368 g/mol. The Hall–Kier alpha value is -3.08. The lowest BCUT2D eigenvalue weighted by molar-refractivity contribution is 0.426. The highest BCUT2D eigenvalue weighted by molar-refractivity contribution is 6.62. The number of hydrogen-bond acceptors (Lipinski definition) is 3. The van der Waals surface area contributed by atoms with Crippen LogP contribution in [-0.4, -0.2) is 17.2 Å². The topological polar surface area (TPSA) is 53.6 Å². The molecule has 0 unspecified atom stereocenters. The molecule has 4 heteroatoms. The van der Waals surface area contributed by atoms with Gasteiger partial charge >= 0.3 is 7.12 Å². The highest BCUT2D eigenvalue weighted by Gasteiger charge is 2.20. The molecule has 0 aliphatic heterocycles. The van der Waals surface area contributed by atoms with Gasteiger partial charge in [0.15, 0.2) is 0 Å². The molecule has 4 aromatic rings. The molecule has 0 fully saturated rings. The number of para-hydroxylation sites is 1. The number of furan rings is 1. The Morgan fingerprint density at radius 2 is 1.75 bits per heavy atom. The smallest absolute Gasteiger partial charge is 0.455 e. The van der Waals surface area contributed by atoms with Gasteiger partial charge in [-0.25, -0.2) is 0 Å².